The first kappa shape index (κ1) is 19.9. The fourth-order valence-electron chi connectivity index (χ4n) is 3.13. The Balaban J connectivity index is 2.00. The van der Waals surface area contributed by atoms with Crippen LogP contribution in [0.1, 0.15) is 16.8 Å². The van der Waals surface area contributed by atoms with E-state index >= 15 is 0 Å². The van der Waals surface area contributed by atoms with Crippen LogP contribution in [0.4, 0.5) is 26.3 Å². The molecule has 0 aliphatic heterocycles. The number of aryl methyl sites for hydroxylation is 1. The second kappa shape index (κ2) is 6.82. The Bertz CT molecular complexity index is 1230. The van der Waals surface area contributed by atoms with E-state index in [-0.39, 0.29) is 28.0 Å². The maximum Gasteiger partial charge on any atom is 0.433 e. The highest BCUT2D eigenvalue weighted by molar-refractivity contribution is 5.78. The Morgan fingerprint density at radius 1 is 0.867 bits per heavy atom. The molecule has 0 amide bonds. The van der Waals surface area contributed by atoms with E-state index in [1.807, 2.05) is 0 Å². The highest BCUT2D eigenvalue weighted by Gasteiger charge is 2.36. The van der Waals surface area contributed by atoms with Gasteiger partial charge in [0.05, 0.1) is 17.5 Å². The molecule has 10 heteroatoms. The summed E-state index contributed by atoms with van der Waals surface area (Å²) in [5, 5.41) is 3.79. The van der Waals surface area contributed by atoms with Crippen molar-refractivity contribution in [3.8, 4) is 22.4 Å². The Morgan fingerprint density at radius 2 is 1.63 bits per heavy atom. The number of rotatable bonds is 2. The number of halogens is 6. The molecule has 3 heterocycles. The van der Waals surface area contributed by atoms with Gasteiger partial charge in [0.1, 0.15) is 0 Å². The van der Waals surface area contributed by atoms with Crippen LogP contribution in [0.2, 0.25) is 0 Å². The molecule has 0 unspecified atom stereocenters. The number of hydrogen-bond donors (Lipinski definition) is 0. The van der Waals surface area contributed by atoms with Gasteiger partial charge in [0, 0.05) is 29.1 Å². The lowest BCUT2D eigenvalue weighted by atomic mass is 10.0. The monoisotopic (exact) mass is 422 g/mol. The predicted octanol–water partition coefficient (Wildman–Crippen LogP) is 5.80. The SMILES string of the molecule is Cc1ccc(-c2cc(C(F)(F)F)n3ncc(-c4cccnc4)c3n2)cc1C(F)(F)F. The summed E-state index contributed by atoms with van der Waals surface area (Å²) in [5.41, 5.74) is -1.83. The molecule has 0 radical (unpaired) electrons. The first-order valence-electron chi connectivity index (χ1n) is 8.60. The highest BCUT2D eigenvalue weighted by Crippen LogP contribution is 2.37. The molecule has 1 aromatic carbocycles. The minimum Gasteiger partial charge on any atom is -0.264 e. The van der Waals surface area contributed by atoms with Gasteiger partial charge in [-0.05, 0) is 30.7 Å². The van der Waals surface area contributed by atoms with Crippen LogP contribution in [0, 0.1) is 6.92 Å². The van der Waals surface area contributed by atoms with Crippen LogP contribution in [-0.2, 0) is 12.4 Å². The summed E-state index contributed by atoms with van der Waals surface area (Å²) < 4.78 is 81.5. The topological polar surface area (TPSA) is 43.1 Å². The molecule has 0 saturated carbocycles. The summed E-state index contributed by atoms with van der Waals surface area (Å²) in [6, 6.07) is 7.23. The van der Waals surface area contributed by atoms with Gasteiger partial charge in [-0.25, -0.2) is 9.50 Å². The molecule has 0 aliphatic rings. The quantitative estimate of drug-likeness (QED) is 0.383. The molecule has 0 bridgehead atoms. The van der Waals surface area contributed by atoms with Crippen LogP contribution in [0.25, 0.3) is 28.0 Å². The van der Waals surface area contributed by atoms with Gasteiger partial charge in [0.15, 0.2) is 11.3 Å². The van der Waals surface area contributed by atoms with E-state index in [1.54, 1.807) is 12.1 Å². The number of hydrogen-bond acceptors (Lipinski definition) is 3. The average molecular weight is 422 g/mol. The Morgan fingerprint density at radius 3 is 2.27 bits per heavy atom. The van der Waals surface area contributed by atoms with Crippen molar-refractivity contribution >= 4 is 5.65 Å². The fourth-order valence-corrected chi connectivity index (χ4v) is 3.13. The number of alkyl halides is 6. The number of pyridine rings is 1. The number of fused-ring (bicyclic) bond motifs is 1. The van der Waals surface area contributed by atoms with Gasteiger partial charge in [-0.1, -0.05) is 18.2 Å². The molecule has 4 nitrogen and oxygen atoms in total. The van der Waals surface area contributed by atoms with Crippen molar-refractivity contribution in [3.05, 3.63) is 71.8 Å². The molecule has 3 aromatic heterocycles. The molecule has 4 aromatic rings. The van der Waals surface area contributed by atoms with Crippen molar-refractivity contribution in [2.24, 2.45) is 0 Å². The molecule has 0 aliphatic carbocycles. The van der Waals surface area contributed by atoms with E-state index in [0.717, 1.165) is 6.07 Å². The molecule has 154 valence electrons. The average Bonchev–Trinajstić information content (AvgIpc) is 3.10. The van der Waals surface area contributed by atoms with Crippen LogP contribution in [0.15, 0.2) is 55.0 Å². The van der Waals surface area contributed by atoms with Gasteiger partial charge in [-0.15, -0.1) is 0 Å². The van der Waals surface area contributed by atoms with Gasteiger partial charge >= 0.3 is 12.4 Å². The Hall–Kier alpha value is -3.43. The van der Waals surface area contributed by atoms with Gasteiger partial charge in [0.25, 0.3) is 0 Å². The van der Waals surface area contributed by atoms with Crippen molar-refractivity contribution in [3.63, 3.8) is 0 Å². The number of aromatic nitrogens is 4. The zero-order valence-corrected chi connectivity index (χ0v) is 15.3. The maximum absolute atomic E-state index is 13.7. The Labute approximate surface area is 165 Å². The first-order valence-corrected chi connectivity index (χ1v) is 8.60. The van der Waals surface area contributed by atoms with Crippen LogP contribution < -0.4 is 0 Å². The van der Waals surface area contributed by atoms with Crippen molar-refractivity contribution in [1.29, 1.82) is 0 Å². The highest BCUT2D eigenvalue weighted by atomic mass is 19.4. The summed E-state index contributed by atoms with van der Waals surface area (Å²) in [6.07, 6.45) is -5.29. The molecule has 30 heavy (non-hydrogen) atoms. The zero-order valence-electron chi connectivity index (χ0n) is 15.3. The van der Waals surface area contributed by atoms with Crippen LogP contribution in [-0.4, -0.2) is 19.6 Å². The van der Waals surface area contributed by atoms with Crippen molar-refractivity contribution in [2.75, 3.05) is 0 Å². The Kier molecular flexibility index (Phi) is 4.52. The van der Waals surface area contributed by atoms with E-state index in [2.05, 4.69) is 15.1 Å². The third kappa shape index (κ3) is 3.49. The largest absolute Gasteiger partial charge is 0.433 e. The molecular formula is C20H12F6N4. The lowest BCUT2D eigenvalue weighted by Gasteiger charge is -2.14. The second-order valence-electron chi connectivity index (χ2n) is 6.59. The third-order valence-electron chi connectivity index (χ3n) is 4.57. The predicted molar refractivity (Wildman–Crippen MR) is 96.4 cm³/mol. The standard InChI is InChI=1S/C20H12F6N4/c1-11-4-5-12(7-15(11)19(21,22)23)16-8-17(20(24,25)26)30-18(29-16)14(10-28-30)13-3-2-6-27-9-13/h2-10H,1H3. The van der Waals surface area contributed by atoms with E-state index < -0.39 is 23.6 Å². The van der Waals surface area contributed by atoms with Crippen molar-refractivity contribution in [1.82, 2.24) is 19.6 Å². The van der Waals surface area contributed by atoms with Crippen LogP contribution in [0.3, 0.4) is 0 Å². The fraction of sp³-hybridized carbons (Fsp3) is 0.150. The van der Waals surface area contributed by atoms with Gasteiger partial charge < -0.3 is 0 Å². The van der Waals surface area contributed by atoms with Crippen LogP contribution in [0.5, 0.6) is 0 Å². The lowest BCUT2D eigenvalue weighted by Crippen LogP contribution is -2.14. The summed E-state index contributed by atoms with van der Waals surface area (Å²) >= 11 is 0. The first-order chi connectivity index (χ1) is 14.1. The minimum atomic E-state index is -4.80. The minimum absolute atomic E-state index is 0.0382. The molecule has 0 atom stereocenters. The molecule has 4 rings (SSSR count). The summed E-state index contributed by atoms with van der Waals surface area (Å²) in [7, 11) is 0. The summed E-state index contributed by atoms with van der Waals surface area (Å²) in [6.45, 7) is 1.28. The molecule has 0 spiro atoms. The van der Waals surface area contributed by atoms with Crippen molar-refractivity contribution in [2.45, 2.75) is 19.3 Å². The molecule has 0 fully saturated rings. The number of benzene rings is 1. The summed E-state index contributed by atoms with van der Waals surface area (Å²) in [5.74, 6) is 0. The van der Waals surface area contributed by atoms with Crippen molar-refractivity contribution < 1.29 is 26.3 Å². The van der Waals surface area contributed by atoms with E-state index in [1.165, 1.54) is 37.6 Å². The molecule has 0 N–H and O–H groups in total. The normalized spacial score (nSPS) is 12.5. The van der Waals surface area contributed by atoms with Gasteiger partial charge in [-0.2, -0.15) is 31.4 Å². The third-order valence-corrected chi connectivity index (χ3v) is 4.57. The zero-order chi connectivity index (χ0) is 21.7. The van der Waals surface area contributed by atoms with Crippen LogP contribution >= 0.6 is 0 Å². The van der Waals surface area contributed by atoms with E-state index in [4.69, 9.17) is 0 Å². The molecule has 0 saturated heterocycles. The molecular weight excluding hydrogens is 410 g/mol. The smallest absolute Gasteiger partial charge is 0.264 e. The van der Waals surface area contributed by atoms with E-state index in [9.17, 15) is 26.3 Å². The second-order valence-corrected chi connectivity index (χ2v) is 6.59. The van der Waals surface area contributed by atoms with E-state index in [0.29, 0.717) is 16.1 Å². The summed E-state index contributed by atoms with van der Waals surface area (Å²) in [4.78, 5) is 8.15. The van der Waals surface area contributed by atoms with Gasteiger partial charge in [-0.3, -0.25) is 4.98 Å². The van der Waals surface area contributed by atoms with Gasteiger partial charge in [0.2, 0.25) is 0 Å². The maximum atomic E-state index is 13.7. The lowest BCUT2D eigenvalue weighted by molar-refractivity contribution is -0.142. The number of nitrogens with zero attached hydrogens (tertiary/aromatic N) is 4.